The molecule has 0 spiro atoms. The summed E-state index contributed by atoms with van der Waals surface area (Å²) < 4.78 is 11.3. The molecule has 4 rings (SSSR count). The fraction of sp³-hybridized carbons (Fsp3) is 0.259. The van der Waals surface area contributed by atoms with Gasteiger partial charge in [0.2, 0.25) is 11.8 Å². The van der Waals surface area contributed by atoms with Gasteiger partial charge in [-0.1, -0.05) is 50.2 Å². The molecule has 0 aliphatic carbocycles. The van der Waals surface area contributed by atoms with Crippen LogP contribution in [-0.4, -0.2) is 19.9 Å². The minimum Gasteiger partial charge on any atom is -0.473 e. The highest BCUT2D eigenvalue weighted by atomic mass is 16.5. The topological polar surface area (TPSA) is 122 Å². The van der Waals surface area contributed by atoms with Crippen LogP contribution in [0.1, 0.15) is 41.9 Å². The zero-order valence-electron chi connectivity index (χ0n) is 20.2. The second-order valence-electron chi connectivity index (χ2n) is 7.67. The standard InChI is InChI=1S/C14H17N3O.C13H15N3O/c1-2-11-4-3-5-12(6-11)9-18-14-7-13(8-15)16-10-17-14;1-2-10-4-3-5-12(6-10)17-13-7-11(8-14)15-9-16-13/h3-7,10H,2,8-9,15H2,1H3;3-7,9H,2,8,14H2,1H3. The first kappa shape index (κ1) is 25.7. The van der Waals surface area contributed by atoms with Gasteiger partial charge in [-0.15, -0.1) is 0 Å². The summed E-state index contributed by atoms with van der Waals surface area (Å²) >= 11 is 0. The monoisotopic (exact) mass is 472 g/mol. The Hall–Kier alpha value is -3.88. The van der Waals surface area contributed by atoms with Crippen molar-refractivity contribution in [1.82, 2.24) is 19.9 Å². The number of aromatic nitrogens is 4. The van der Waals surface area contributed by atoms with Crippen molar-refractivity contribution in [3.05, 3.63) is 101 Å². The van der Waals surface area contributed by atoms with Crippen LogP contribution in [0.5, 0.6) is 17.5 Å². The predicted molar refractivity (Wildman–Crippen MR) is 136 cm³/mol. The Morgan fingerprint density at radius 1 is 0.657 bits per heavy atom. The largest absolute Gasteiger partial charge is 0.473 e. The maximum absolute atomic E-state index is 5.66. The second-order valence-corrected chi connectivity index (χ2v) is 7.67. The first-order chi connectivity index (χ1) is 17.1. The molecule has 0 aliphatic rings. The lowest BCUT2D eigenvalue weighted by molar-refractivity contribution is 0.292. The minimum atomic E-state index is 0.383. The van der Waals surface area contributed by atoms with E-state index >= 15 is 0 Å². The third-order valence-electron chi connectivity index (χ3n) is 5.13. The van der Waals surface area contributed by atoms with E-state index in [1.807, 2.05) is 30.3 Å². The molecule has 0 saturated carbocycles. The SMILES string of the molecule is CCc1cccc(COc2cc(CN)ncn2)c1.CCc1cccc(Oc2cc(CN)ncn2)c1. The van der Waals surface area contributed by atoms with Gasteiger partial charge >= 0.3 is 0 Å². The molecule has 2 aromatic carbocycles. The van der Waals surface area contributed by atoms with Crippen molar-refractivity contribution in [1.29, 1.82) is 0 Å². The Morgan fingerprint density at radius 2 is 1.23 bits per heavy atom. The van der Waals surface area contributed by atoms with Gasteiger partial charge in [0, 0.05) is 25.2 Å². The minimum absolute atomic E-state index is 0.383. The maximum Gasteiger partial charge on any atom is 0.222 e. The first-order valence-electron chi connectivity index (χ1n) is 11.6. The summed E-state index contributed by atoms with van der Waals surface area (Å²) in [6.45, 7) is 5.53. The number of hydrogen-bond acceptors (Lipinski definition) is 8. The molecular weight excluding hydrogens is 440 g/mol. The van der Waals surface area contributed by atoms with E-state index < -0.39 is 0 Å². The van der Waals surface area contributed by atoms with E-state index in [1.165, 1.54) is 23.8 Å². The van der Waals surface area contributed by atoms with Gasteiger partial charge in [0.05, 0.1) is 11.4 Å². The molecule has 2 heterocycles. The van der Waals surface area contributed by atoms with Crippen LogP contribution in [0.25, 0.3) is 0 Å². The molecule has 8 nitrogen and oxygen atoms in total. The lowest BCUT2D eigenvalue weighted by Gasteiger charge is -2.07. The summed E-state index contributed by atoms with van der Waals surface area (Å²) in [4.78, 5) is 16.1. The van der Waals surface area contributed by atoms with Crippen LogP contribution < -0.4 is 20.9 Å². The molecule has 0 fully saturated rings. The summed E-state index contributed by atoms with van der Waals surface area (Å²) in [5, 5.41) is 0. The number of hydrogen-bond donors (Lipinski definition) is 2. The van der Waals surface area contributed by atoms with E-state index in [4.69, 9.17) is 20.9 Å². The molecular formula is C27H32N6O2. The zero-order chi connectivity index (χ0) is 24.9. The van der Waals surface area contributed by atoms with Crippen LogP contribution in [0.4, 0.5) is 0 Å². The summed E-state index contributed by atoms with van der Waals surface area (Å²) in [5.41, 5.74) is 16.3. The molecule has 4 aromatic rings. The molecule has 0 radical (unpaired) electrons. The highest BCUT2D eigenvalue weighted by Gasteiger charge is 2.02. The summed E-state index contributed by atoms with van der Waals surface area (Å²) in [6, 6.07) is 19.8. The van der Waals surface area contributed by atoms with Gasteiger partial charge in [0.1, 0.15) is 25.0 Å². The van der Waals surface area contributed by atoms with E-state index in [0.717, 1.165) is 35.5 Å². The van der Waals surface area contributed by atoms with Gasteiger partial charge in [-0.25, -0.2) is 19.9 Å². The number of ether oxygens (including phenoxy) is 2. The quantitative estimate of drug-likeness (QED) is 0.368. The fourth-order valence-corrected chi connectivity index (χ4v) is 3.16. The maximum atomic E-state index is 5.66. The van der Waals surface area contributed by atoms with Crippen molar-refractivity contribution >= 4 is 0 Å². The molecule has 4 N–H and O–H groups in total. The van der Waals surface area contributed by atoms with Crippen molar-refractivity contribution < 1.29 is 9.47 Å². The van der Waals surface area contributed by atoms with E-state index in [9.17, 15) is 0 Å². The van der Waals surface area contributed by atoms with Crippen LogP contribution >= 0.6 is 0 Å². The molecule has 0 saturated heterocycles. The Morgan fingerprint density at radius 3 is 1.89 bits per heavy atom. The molecule has 2 aromatic heterocycles. The number of nitrogens with zero attached hydrogens (tertiary/aromatic N) is 4. The third-order valence-corrected chi connectivity index (χ3v) is 5.13. The lowest BCUT2D eigenvalue weighted by atomic mass is 10.1. The molecule has 182 valence electrons. The van der Waals surface area contributed by atoms with E-state index in [1.54, 1.807) is 12.1 Å². The van der Waals surface area contributed by atoms with Crippen LogP contribution in [0, 0.1) is 0 Å². The smallest absolute Gasteiger partial charge is 0.222 e. The average Bonchev–Trinajstić information content (AvgIpc) is 2.92. The highest BCUT2D eigenvalue weighted by molar-refractivity contribution is 5.31. The molecule has 0 aliphatic heterocycles. The Bertz CT molecular complexity index is 1110. The number of rotatable bonds is 9. The molecule has 0 atom stereocenters. The van der Waals surface area contributed by atoms with E-state index in [0.29, 0.717) is 31.5 Å². The van der Waals surface area contributed by atoms with E-state index in [2.05, 4.69) is 52.0 Å². The summed E-state index contributed by atoms with van der Waals surface area (Å²) in [6.07, 6.45) is 4.94. The normalized spacial score (nSPS) is 10.3. The Kier molecular flexibility index (Phi) is 10.1. The predicted octanol–water partition coefficient (Wildman–Crippen LogP) is 4.37. The van der Waals surface area contributed by atoms with Crippen molar-refractivity contribution in [2.45, 2.75) is 46.4 Å². The first-order valence-corrected chi connectivity index (χ1v) is 11.6. The van der Waals surface area contributed by atoms with Gasteiger partial charge in [-0.3, -0.25) is 0 Å². The summed E-state index contributed by atoms with van der Waals surface area (Å²) in [7, 11) is 0. The second kappa shape index (κ2) is 13.7. The molecule has 8 heteroatoms. The van der Waals surface area contributed by atoms with Crippen LogP contribution in [0.3, 0.4) is 0 Å². The van der Waals surface area contributed by atoms with Gasteiger partial charge in [0.25, 0.3) is 0 Å². The molecule has 0 amide bonds. The molecule has 0 unspecified atom stereocenters. The highest BCUT2D eigenvalue weighted by Crippen LogP contribution is 2.20. The van der Waals surface area contributed by atoms with Crippen LogP contribution in [0.2, 0.25) is 0 Å². The van der Waals surface area contributed by atoms with Gasteiger partial charge in [-0.2, -0.15) is 0 Å². The van der Waals surface area contributed by atoms with Crippen molar-refractivity contribution in [3.63, 3.8) is 0 Å². The fourth-order valence-electron chi connectivity index (χ4n) is 3.16. The van der Waals surface area contributed by atoms with Crippen LogP contribution in [0.15, 0.2) is 73.3 Å². The molecule has 35 heavy (non-hydrogen) atoms. The zero-order valence-corrected chi connectivity index (χ0v) is 20.2. The Labute approximate surface area is 206 Å². The Balaban J connectivity index is 0.000000196. The summed E-state index contributed by atoms with van der Waals surface area (Å²) in [5.74, 6) is 1.87. The lowest BCUT2D eigenvalue weighted by Crippen LogP contribution is -2.03. The van der Waals surface area contributed by atoms with Crippen LogP contribution in [-0.2, 0) is 32.5 Å². The van der Waals surface area contributed by atoms with E-state index in [-0.39, 0.29) is 0 Å². The van der Waals surface area contributed by atoms with Gasteiger partial charge in [0.15, 0.2) is 0 Å². The number of aryl methyl sites for hydroxylation is 2. The van der Waals surface area contributed by atoms with Crippen molar-refractivity contribution in [3.8, 4) is 17.5 Å². The average molecular weight is 473 g/mol. The van der Waals surface area contributed by atoms with Gasteiger partial charge < -0.3 is 20.9 Å². The van der Waals surface area contributed by atoms with Crippen molar-refractivity contribution in [2.24, 2.45) is 11.5 Å². The third kappa shape index (κ3) is 8.44. The molecule has 0 bridgehead atoms. The van der Waals surface area contributed by atoms with Gasteiger partial charge in [-0.05, 0) is 41.7 Å². The number of nitrogens with two attached hydrogens (primary N) is 2. The number of benzene rings is 2. The van der Waals surface area contributed by atoms with Crippen molar-refractivity contribution in [2.75, 3.05) is 0 Å².